The van der Waals surface area contributed by atoms with Crippen LogP contribution in [0.25, 0.3) is 0 Å². The predicted octanol–water partition coefficient (Wildman–Crippen LogP) is 3.99. The molecule has 0 aromatic heterocycles. The van der Waals surface area contributed by atoms with Crippen LogP contribution in [0.15, 0.2) is 54.6 Å². The van der Waals surface area contributed by atoms with Crippen molar-refractivity contribution < 1.29 is 4.74 Å². The summed E-state index contributed by atoms with van der Waals surface area (Å²) in [4.78, 5) is 0. The number of nitrogens with one attached hydrogen (secondary N) is 2. The van der Waals surface area contributed by atoms with Crippen molar-refractivity contribution in [3.8, 4) is 5.75 Å². The van der Waals surface area contributed by atoms with Crippen LogP contribution < -0.4 is 15.4 Å². The van der Waals surface area contributed by atoms with E-state index in [9.17, 15) is 0 Å². The van der Waals surface area contributed by atoms with Crippen molar-refractivity contribution in [2.24, 2.45) is 0 Å². The number of anilines is 1. The molecule has 110 valence electrons. The highest BCUT2D eigenvalue weighted by molar-refractivity contribution is 14.1. The minimum atomic E-state index is 0.557. The lowest BCUT2D eigenvalue weighted by Crippen LogP contribution is -2.29. The Hall–Kier alpha value is -1.34. The van der Waals surface area contributed by atoms with Gasteiger partial charge in [0.05, 0.1) is 0 Å². The van der Waals surface area contributed by atoms with E-state index in [0.29, 0.717) is 11.7 Å². The smallest absolute Gasteiger partial charge is 0.170 e. The van der Waals surface area contributed by atoms with E-state index >= 15 is 0 Å². The fourth-order valence-corrected chi connectivity index (χ4v) is 2.23. The molecule has 2 N–H and O–H groups in total. The van der Waals surface area contributed by atoms with Gasteiger partial charge in [-0.3, -0.25) is 0 Å². The van der Waals surface area contributed by atoms with Crippen molar-refractivity contribution in [2.45, 2.75) is 6.61 Å². The molecule has 21 heavy (non-hydrogen) atoms. The van der Waals surface area contributed by atoms with Crippen molar-refractivity contribution in [2.75, 3.05) is 16.3 Å². The zero-order valence-corrected chi connectivity index (χ0v) is 14.5. The second-order valence-electron chi connectivity index (χ2n) is 4.37. The molecule has 3 nitrogen and oxygen atoms in total. The highest BCUT2D eigenvalue weighted by Gasteiger charge is 2.00. The van der Waals surface area contributed by atoms with Gasteiger partial charge in [-0.2, -0.15) is 0 Å². The molecule has 0 saturated heterocycles. The minimum absolute atomic E-state index is 0.557. The van der Waals surface area contributed by atoms with Crippen LogP contribution in [-0.4, -0.2) is 16.1 Å². The average molecular weight is 412 g/mol. The van der Waals surface area contributed by atoms with E-state index in [4.69, 9.17) is 17.0 Å². The van der Waals surface area contributed by atoms with Gasteiger partial charge in [-0.1, -0.05) is 59.0 Å². The monoisotopic (exact) mass is 412 g/mol. The van der Waals surface area contributed by atoms with Crippen LogP contribution in [0, 0.1) is 0 Å². The SMILES string of the molecule is S=C(NCCI)Nc1cccc(OCc2ccccc2)c1. The highest BCUT2D eigenvalue weighted by Crippen LogP contribution is 2.18. The number of benzene rings is 2. The van der Waals surface area contributed by atoms with E-state index in [0.717, 1.165) is 28.0 Å². The summed E-state index contributed by atoms with van der Waals surface area (Å²) in [6.07, 6.45) is 0. The average Bonchev–Trinajstić information content (AvgIpc) is 2.52. The minimum Gasteiger partial charge on any atom is -0.489 e. The number of thiocarbonyl (C=S) groups is 1. The molecular weight excluding hydrogens is 395 g/mol. The van der Waals surface area contributed by atoms with Gasteiger partial charge in [-0.05, 0) is 29.9 Å². The van der Waals surface area contributed by atoms with Crippen molar-refractivity contribution in [3.05, 3.63) is 60.2 Å². The first-order valence-electron chi connectivity index (χ1n) is 6.65. The zero-order valence-electron chi connectivity index (χ0n) is 11.5. The van der Waals surface area contributed by atoms with Gasteiger partial charge in [0.25, 0.3) is 0 Å². The number of hydrogen-bond acceptors (Lipinski definition) is 2. The van der Waals surface area contributed by atoms with Gasteiger partial charge < -0.3 is 15.4 Å². The summed E-state index contributed by atoms with van der Waals surface area (Å²) >= 11 is 7.52. The molecule has 0 aliphatic rings. The molecule has 2 aromatic rings. The summed E-state index contributed by atoms with van der Waals surface area (Å²) < 4.78 is 6.80. The van der Waals surface area contributed by atoms with Gasteiger partial charge in [-0.15, -0.1) is 0 Å². The van der Waals surface area contributed by atoms with E-state index < -0.39 is 0 Å². The topological polar surface area (TPSA) is 33.3 Å². The maximum atomic E-state index is 5.79. The molecule has 2 rings (SSSR count). The van der Waals surface area contributed by atoms with Gasteiger partial charge >= 0.3 is 0 Å². The fraction of sp³-hybridized carbons (Fsp3) is 0.188. The predicted molar refractivity (Wildman–Crippen MR) is 100 cm³/mol. The molecule has 0 bridgehead atoms. The van der Waals surface area contributed by atoms with Crippen molar-refractivity contribution in [1.82, 2.24) is 5.32 Å². The molecule has 0 aliphatic heterocycles. The molecule has 0 amide bonds. The highest BCUT2D eigenvalue weighted by atomic mass is 127. The van der Waals surface area contributed by atoms with Gasteiger partial charge in [0, 0.05) is 22.7 Å². The van der Waals surface area contributed by atoms with Crippen LogP contribution >= 0.6 is 34.8 Å². The Labute approximate surface area is 144 Å². The van der Waals surface area contributed by atoms with E-state index in [1.54, 1.807) is 0 Å². The van der Waals surface area contributed by atoms with Crippen molar-refractivity contribution >= 4 is 45.6 Å². The molecule has 5 heteroatoms. The van der Waals surface area contributed by atoms with Crippen LogP contribution in [0.2, 0.25) is 0 Å². The van der Waals surface area contributed by atoms with Crippen LogP contribution in [-0.2, 0) is 6.61 Å². The molecule has 0 fully saturated rings. The molecule has 0 radical (unpaired) electrons. The Morgan fingerprint density at radius 2 is 1.90 bits per heavy atom. The Kier molecular flexibility index (Phi) is 6.75. The number of ether oxygens (including phenoxy) is 1. The van der Waals surface area contributed by atoms with Crippen LogP contribution in [0.1, 0.15) is 5.56 Å². The summed E-state index contributed by atoms with van der Waals surface area (Å²) in [5, 5.41) is 6.91. The lowest BCUT2D eigenvalue weighted by Gasteiger charge is -2.11. The number of halogens is 1. The van der Waals surface area contributed by atoms with Crippen molar-refractivity contribution in [3.63, 3.8) is 0 Å². The quantitative estimate of drug-likeness (QED) is 0.427. The van der Waals surface area contributed by atoms with E-state index in [1.807, 2.05) is 54.6 Å². The first kappa shape index (κ1) is 16.0. The van der Waals surface area contributed by atoms with Gasteiger partial charge in [0.15, 0.2) is 5.11 Å². The second-order valence-corrected chi connectivity index (χ2v) is 5.86. The molecule has 2 aromatic carbocycles. The molecule has 0 unspecified atom stereocenters. The maximum absolute atomic E-state index is 5.79. The van der Waals surface area contributed by atoms with Gasteiger partial charge in [0.2, 0.25) is 0 Å². The summed E-state index contributed by atoms with van der Waals surface area (Å²) in [6.45, 7) is 1.42. The summed E-state index contributed by atoms with van der Waals surface area (Å²) in [7, 11) is 0. The molecule has 0 spiro atoms. The first-order valence-corrected chi connectivity index (χ1v) is 8.59. The Bertz CT molecular complexity index is 577. The number of rotatable bonds is 6. The molecule has 0 aliphatic carbocycles. The summed E-state index contributed by atoms with van der Waals surface area (Å²) in [6, 6.07) is 17.9. The van der Waals surface area contributed by atoms with Crippen LogP contribution in [0.3, 0.4) is 0 Å². The third-order valence-electron chi connectivity index (χ3n) is 2.72. The summed E-state index contributed by atoms with van der Waals surface area (Å²) in [5.41, 5.74) is 2.07. The van der Waals surface area contributed by atoms with Gasteiger partial charge in [0.1, 0.15) is 12.4 Å². The Balaban J connectivity index is 1.90. The molecular formula is C16H17IN2OS. The van der Waals surface area contributed by atoms with E-state index in [1.165, 1.54) is 0 Å². The third-order valence-corrected chi connectivity index (χ3v) is 3.51. The second kappa shape index (κ2) is 8.84. The zero-order chi connectivity index (χ0) is 14.9. The van der Waals surface area contributed by atoms with E-state index in [2.05, 4.69) is 33.2 Å². The van der Waals surface area contributed by atoms with Crippen molar-refractivity contribution in [1.29, 1.82) is 0 Å². The normalized spacial score (nSPS) is 9.95. The first-order chi connectivity index (χ1) is 10.3. The van der Waals surface area contributed by atoms with E-state index in [-0.39, 0.29) is 0 Å². The molecule has 0 saturated carbocycles. The lowest BCUT2D eigenvalue weighted by molar-refractivity contribution is 0.306. The third kappa shape index (κ3) is 5.89. The van der Waals surface area contributed by atoms with Crippen LogP contribution in [0.5, 0.6) is 5.75 Å². The molecule has 0 heterocycles. The van der Waals surface area contributed by atoms with Crippen LogP contribution in [0.4, 0.5) is 5.69 Å². The lowest BCUT2D eigenvalue weighted by atomic mass is 10.2. The molecule has 0 atom stereocenters. The fourth-order valence-electron chi connectivity index (χ4n) is 1.74. The summed E-state index contributed by atoms with van der Waals surface area (Å²) in [5.74, 6) is 0.820. The number of alkyl halides is 1. The Morgan fingerprint density at radius 3 is 2.67 bits per heavy atom. The number of hydrogen-bond donors (Lipinski definition) is 2. The largest absolute Gasteiger partial charge is 0.489 e. The maximum Gasteiger partial charge on any atom is 0.170 e. The van der Waals surface area contributed by atoms with Gasteiger partial charge in [-0.25, -0.2) is 0 Å². The standard InChI is InChI=1S/C16H17IN2OS/c17-9-10-18-16(21)19-14-7-4-8-15(11-14)20-12-13-5-2-1-3-6-13/h1-8,11H,9-10,12H2,(H2,18,19,21). The Morgan fingerprint density at radius 1 is 1.10 bits per heavy atom.